The molecule has 0 saturated carbocycles. The number of halogens is 1. The van der Waals surface area contributed by atoms with Crippen molar-refractivity contribution in [2.75, 3.05) is 23.9 Å². The number of hydrogen-bond donors (Lipinski definition) is 1. The third-order valence-corrected chi connectivity index (χ3v) is 3.62. The van der Waals surface area contributed by atoms with Gasteiger partial charge in [0.15, 0.2) is 6.61 Å². The van der Waals surface area contributed by atoms with Crippen molar-refractivity contribution >= 4 is 23.2 Å². The number of carbonyl (C=O) groups is 2. The lowest BCUT2D eigenvalue weighted by Crippen LogP contribution is -2.20. The third-order valence-electron chi connectivity index (χ3n) is 3.62. The maximum Gasteiger partial charge on any atom is 0.262 e. The molecule has 0 aromatic heterocycles. The highest BCUT2D eigenvalue weighted by atomic mass is 19.1. The van der Waals surface area contributed by atoms with Gasteiger partial charge in [-0.25, -0.2) is 4.39 Å². The van der Waals surface area contributed by atoms with Crippen LogP contribution in [-0.2, 0) is 16.0 Å². The average molecular weight is 314 g/mol. The minimum atomic E-state index is -0.362. The minimum Gasteiger partial charge on any atom is -0.484 e. The van der Waals surface area contributed by atoms with Crippen LogP contribution in [0.4, 0.5) is 15.8 Å². The van der Waals surface area contributed by atoms with Crippen LogP contribution in [0.5, 0.6) is 5.75 Å². The van der Waals surface area contributed by atoms with E-state index in [4.69, 9.17) is 4.74 Å². The average Bonchev–Trinajstić information content (AvgIpc) is 2.81. The number of hydrogen-bond acceptors (Lipinski definition) is 3. The van der Waals surface area contributed by atoms with Gasteiger partial charge in [0.25, 0.3) is 5.91 Å². The van der Waals surface area contributed by atoms with Gasteiger partial charge in [-0.2, -0.15) is 0 Å². The van der Waals surface area contributed by atoms with Crippen molar-refractivity contribution < 1.29 is 18.7 Å². The van der Waals surface area contributed by atoms with E-state index in [2.05, 4.69) is 5.32 Å². The van der Waals surface area contributed by atoms with Gasteiger partial charge in [0.05, 0.1) is 6.42 Å². The first-order chi connectivity index (χ1) is 11.0. The maximum absolute atomic E-state index is 12.8. The van der Waals surface area contributed by atoms with Crippen molar-refractivity contribution in [1.29, 1.82) is 0 Å². The first-order valence-electron chi connectivity index (χ1n) is 7.10. The second-order valence-corrected chi connectivity index (χ2v) is 5.26. The normalized spacial score (nSPS) is 13.0. The lowest BCUT2D eigenvalue weighted by atomic mass is 10.1. The van der Waals surface area contributed by atoms with Crippen LogP contribution < -0.4 is 15.0 Å². The van der Waals surface area contributed by atoms with E-state index in [0.29, 0.717) is 17.9 Å². The van der Waals surface area contributed by atoms with Crippen molar-refractivity contribution in [3.05, 3.63) is 53.8 Å². The number of carbonyl (C=O) groups excluding carboxylic acids is 2. The quantitative estimate of drug-likeness (QED) is 0.942. The van der Waals surface area contributed by atoms with Crippen LogP contribution in [0.3, 0.4) is 0 Å². The number of amides is 2. The molecular weight excluding hydrogens is 299 g/mol. The highest BCUT2D eigenvalue weighted by molar-refractivity contribution is 6.02. The Bertz CT molecular complexity index is 759. The number of likely N-dealkylation sites (N-methyl/N-ethyl adjacent to an activating group) is 1. The Hall–Kier alpha value is -2.89. The van der Waals surface area contributed by atoms with E-state index in [1.165, 1.54) is 24.3 Å². The first kappa shape index (κ1) is 15.0. The van der Waals surface area contributed by atoms with E-state index in [9.17, 15) is 14.0 Å². The van der Waals surface area contributed by atoms with E-state index in [-0.39, 0.29) is 24.2 Å². The second-order valence-electron chi connectivity index (χ2n) is 5.26. The molecule has 1 N–H and O–H groups in total. The van der Waals surface area contributed by atoms with Crippen LogP contribution in [0.25, 0.3) is 0 Å². The predicted octanol–water partition coefficient (Wildman–Crippen LogP) is 2.36. The monoisotopic (exact) mass is 314 g/mol. The van der Waals surface area contributed by atoms with Crippen molar-refractivity contribution in [2.24, 2.45) is 0 Å². The molecule has 1 heterocycles. The molecule has 1 aliphatic heterocycles. The standard InChI is InChI=1S/C17H15FN2O3/c1-20-15-7-4-13(8-11(15)9-17(20)22)19-16(21)10-23-14-5-2-12(18)3-6-14/h2-8H,9-10H2,1H3,(H,19,21). The predicted molar refractivity (Wildman–Crippen MR) is 84.1 cm³/mol. The second kappa shape index (κ2) is 6.08. The molecule has 0 bridgehead atoms. The number of fused-ring (bicyclic) bond motifs is 1. The summed E-state index contributed by atoms with van der Waals surface area (Å²) in [5.74, 6) is -0.239. The van der Waals surface area contributed by atoms with E-state index in [1.807, 2.05) is 0 Å². The van der Waals surface area contributed by atoms with Gasteiger partial charge in [-0.3, -0.25) is 9.59 Å². The fraction of sp³-hybridized carbons (Fsp3) is 0.176. The zero-order chi connectivity index (χ0) is 16.4. The van der Waals surface area contributed by atoms with Gasteiger partial charge in [-0.05, 0) is 48.0 Å². The molecule has 2 amide bonds. The molecule has 0 fully saturated rings. The van der Waals surface area contributed by atoms with Crippen LogP contribution >= 0.6 is 0 Å². The molecule has 6 heteroatoms. The summed E-state index contributed by atoms with van der Waals surface area (Å²) in [5.41, 5.74) is 2.35. The molecule has 0 aliphatic carbocycles. The summed E-state index contributed by atoms with van der Waals surface area (Å²) < 4.78 is 18.1. The fourth-order valence-corrected chi connectivity index (χ4v) is 2.42. The Morgan fingerprint density at radius 3 is 2.74 bits per heavy atom. The molecule has 118 valence electrons. The van der Waals surface area contributed by atoms with E-state index >= 15 is 0 Å². The largest absolute Gasteiger partial charge is 0.484 e. The number of anilines is 2. The molecule has 0 atom stereocenters. The van der Waals surface area contributed by atoms with Crippen LogP contribution in [0.2, 0.25) is 0 Å². The molecule has 23 heavy (non-hydrogen) atoms. The molecule has 2 aromatic rings. The molecule has 0 radical (unpaired) electrons. The third kappa shape index (κ3) is 3.31. The number of rotatable bonds is 4. The molecule has 5 nitrogen and oxygen atoms in total. The van der Waals surface area contributed by atoms with E-state index in [1.54, 1.807) is 30.1 Å². The van der Waals surface area contributed by atoms with Gasteiger partial charge in [0, 0.05) is 18.4 Å². The topological polar surface area (TPSA) is 58.6 Å². The fourth-order valence-electron chi connectivity index (χ4n) is 2.42. The molecule has 0 saturated heterocycles. The highest BCUT2D eigenvalue weighted by Crippen LogP contribution is 2.29. The Labute approximate surface area is 132 Å². The van der Waals surface area contributed by atoms with Gasteiger partial charge in [0.1, 0.15) is 11.6 Å². The summed E-state index contributed by atoms with van der Waals surface area (Å²) in [4.78, 5) is 25.1. The summed E-state index contributed by atoms with van der Waals surface area (Å²) >= 11 is 0. The summed E-state index contributed by atoms with van der Waals surface area (Å²) in [6.07, 6.45) is 0.335. The minimum absolute atomic E-state index is 0.0307. The van der Waals surface area contributed by atoms with Gasteiger partial charge in [-0.1, -0.05) is 0 Å². The number of nitrogens with one attached hydrogen (secondary N) is 1. The van der Waals surface area contributed by atoms with Crippen molar-refractivity contribution in [3.63, 3.8) is 0 Å². The summed E-state index contributed by atoms with van der Waals surface area (Å²) in [6, 6.07) is 10.8. The zero-order valence-electron chi connectivity index (χ0n) is 12.5. The summed E-state index contributed by atoms with van der Waals surface area (Å²) in [7, 11) is 1.73. The Morgan fingerprint density at radius 1 is 1.26 bits per heavy atom. The molecule has 0 spiro atoms. The molecule has 3 rings (SSSR count). The Kier molecular flexibility index (Phi) is 3.97. The van der Waals surface area contributed by atoms with Crippen LogP contribution in [0.15, 0.2) is 42.5 Å². The number of nitrogens with zero attached hydrogens (tertiary/aromatic N) is 1. The smallest absolute Gasteiger partial charge is 0.262 e. The Morgan fingerprint density at radius 2 is 2.00 bits per heavy atom. The van der Waals surface area contributed by atoms with Gasteiger partial charge in [-0.15, -0.1) is 0 Å². The van der Waals surface area contributed by atoms with E-state index in [0.717, 1.165) is 11.3 Å². The van der Waals surface area contributed by atoms with Crippen molar-refractivity contribution in [3.8, 4) is 5.75 Å². The SMILES string of the molecule is CN1C(=O)Cc2cc(NC(=O)COc3ccc(F)cc3)ccc21. The van der Waals surface area contributed by atoms with Crippen LogP contribution in [0, 0.1) is 5.82 Å². The van der Waals surface area contributed by atoms with E-state index < -0.39 is 0 Å². The lowest BCUT2D eigenvalue weighted by molar-refractivity contribution is -0.118. The zero-order valence-corrected chi connectivity index (χ0v) is 12.5. The maximum atomic E-state index is 12.8. The number of benzene rings is 2. The highest BCUT2D eigenvalue weighted by Gasteiger charge is 2.24. The van der Waals surface area contributed by atoms with Crippen LogP contribution in [-0.4, -0.2) is 25.5 Å². The molecule has 0 unspecified atom stereocenters. The first-order valence-corrected chi connectivity index (χ1v) is 7.10. The lowest BCUT2D eigenvalue weighted by Gasteiger charge is -2.11. The van der Waals surface area contributed by atoms with Crippen molar-refractivity contribution in [2.45, 2.75) is 6.42 Å². The molecule has 2 aromatic carbocycles. The summed E-state index contributed by atoms with van der Waals surface area (Å²) in [5, 5.41) is 2.72. The molecule has 1 aliphatic rings. The molecular formula is C17H15FN2O3. The van der Waals surface area contributed by atoms with Gasteiger partial charge in [0.2, 0.25) is 5.91 Å². The Balaban J connectivity index is 1.59. The van der Waals surface area contributed by atoms with Crippen molar-refractivity contribution in [1.82, 2.24) is 0 Å². The summed E-state index contributed by atoms with van der Waals surface area (Å²) in [6.45, 7) is -0.179. The van der Waals surface area contributed by atoms with Gasteiger partial charge < -0.3 is 15.0 Å². The number of ether oxygens (including phenoxy) is 1. The van der Waals surface area contributed by atoms with Crippen LogP contribution in [0.1, 0.15) is 5.56 Å². The van der Waals surface area contributed by atoms with Gasteiger partial charge >= 0.3 is 0 Å².